The van der Waals surface area contributed by atoms with Crippen molar-refractivity contribution >= 4 is 11.8 Å². The fourth-order valence-electron chi connectivity index (χ4n) is 0.632. The average molecular weight is 172 g/mol. The topological polar surface area (TPSA) is 58.2 Å². The van der Waals surface area contributed by atoms with Gasteiger partial charge in [-0.2, -0.15) is 0 Å². The maximum absolute atomic E-state index is 11.0. The van der Waals surface area contributed by atoms with Crippen LogP contribution in [0.1, 0.15) is 27.2 Å². The molecule has 0 rings (SSSR count). The van der Waals surface area contributed by atoms with Crippen LogP contribution in [0.2, 0.25) is 0 Å². The third kappa shape index (κ3) is 3.95. The maximum Gasteiger partial charge on any atom is 0.309 e. The number of carbonyl (C=O) groups excluding carboxylic acids is 2. The van der Waals surface area contributed by atoms with Gasteiger partial charge in [0.1, 0.15) is 0 Å². The average Bonchev–Trinajstić information content (AvgIpc) is 2.04. The second-order valence-electron chi connectivity index (χ2n) is 2.64. The summed E-state index contributed by atoms with van der Waals surface area (Å²) in [6.07, 6.45) is 0.825. The Balaban J connectivity index is 3.79. The van der Waals surface area contributed by atoms with Crippen LogP contribution in [0.5, 0.6) is 0 Å². The van der Waals surface area contributed by atoms with Crippen LogP contribution < -0.4 is 10.6 Å². The van der Waals surface area contributed by atoms with Gasteiger partial charge in [-0.3, -0.25) is 9.59 Å². The van der Waals surface area contributed by atoms with Crippen LogP contribution in [-0.2, 0) is 9.59 Å². The van der Waals surface area contributed by atoms with E-state index in [1.165, 1.54) is 0 Å². The first kappa shape index (κ1) is 10.9. The smallest absolute Gasteiger partial charge is 0.309 e. The lowest BCUT2D eigenvalue weighted by Crippen LogP contribution is -2.43. The lowest BCUT2D eigenvalue weighted by Gasteiger charge is -2.10. The van der Waals surface area contributed by atoms with Crippen molar-refractivity contribution in [1.82, 2.24) is 10.6 Å². The number of amides is 2. The van der Waals surface area contributed by atoms with Crippen LogP contribution in [0.25, 0.3) is 0 Å². The monoisotopic (exact) mass is 172 g/mol. The second-order valence-corrected chi connectivity index (χ2v) is 2.64. The molecule has 0 radical (unpaired) electrons. The van der Waals surface area contributed by atoms with E-state index in [1.54, 1.807) is 6.92 Å². The number of rotatable bonds is 3. The molecule has 0 aromatic heterocycles. The van der Waals surface area contributed by atoms with E-state index in [-0.39, 0.29) is 6.04 Å². The predicted molar refractivity (Wildman–Crippen MR) is 46.6 cm³/mol. The van der Waals surface area contributed by atoms with Crippen molar-refractivity contribution in [2.75, 3.05) is 6.54 Å². The minimum absolute atomic E-state index is 0.0557. The van der Waals surface area contributed by atoms with Gasteiger partial charge in [0.05, 0.1) is 0 Å². The largest absolute Gasteiger partial charge is 0.348 e. The predicted octanol–water partition coefficient (Wildman–Crippen LogP) is 0.0372. The summed E-state index contributed by atoms with van der Waals surface area (Å²) in [7, 11) is 0. The summed E-state index contributed by atoms with van der Waals surface area (Å²) in [5.41, 5.74) is 0. The van der Waals surface area contributed by atoms with Crippen LogP contribution >= 0.6 is 0 Å². The highest BCUT2D eigenvalue weighted by Crippen LogP contribution is 1.86. The molecule has 0 aromatic rings. The number of hydrogen-bond donors (Lipinski definition) is 2. The van der Waals surface area contributed by atoms with Gasteiger partial charge in [0.15, 0.2) is 0 Å². The molecule has 1 atom stereocenters. The molecule has 0 aliphatic carbocycles. The molecule has 0 aliphatic rings. The minimum Gasteiger partial charge on any atom is -0.348 e. The summed E-state index contributed by atoms with van der Waals surface area (Å²) in [5, 5.41) is 4.99. The molecule has 0 aliphatic heterocycles. The summed E-state index contributed by atoms with van der Waals surface area (Å²) >= 11 is 0. The first-order valence-corrected chi connectivity index (χ1v) is 4.20. The lowest BCUT2D eigenvalue weighted by molar-refractivity contribution is -0.139. The Bertz CT molecular complexity index is 168. The molecule has 0 bridgehead atoms. The van der Waals surface area contributed by atoms with Crippen molar-refractivity contribution in [2.45, 2.75) is 33.2 Å². The zero-order chi connectivity index (χ0) is 9.56. The summed E-state index contributed by atoms with van der Waals surface area (Å²) in [5.74, 6) is -1.11. The van der Waals surface area contributed by atoms with Crippen molar-refractivity contribution in [3.63, 3.8) is 0 Å². The normalized spacial score (nSPS) is 11.9. The van der Waals surface area contributed by atoms with Crippen molar-refractivity contribution in [2.24, 2.45) is 0 Å². The lowest BCUT2D eigenvalue weighted by atomic mass is 10.2. The molecule has 4 nitrogen and oxygen atoms in total. The highest BCUT2D eigenvalue weighted by atomic mass is 16.2. The Labute approximate surface area is 72.7 Å². The van der Waals surface area contributed by atoms with Gasteiger partial charge in [0.25, 0.3) is 0 Å². The molecule has 0 fully saturated rings. The van der Waals surface area contributed by atoms with Gasteiger partial charge in [-0.1, -0.05) is 6.92 Å². The Hall–Kier alpha value is -1.06. The van der Waals surface area contributed by atoms with Crippen molar-refractivity contribution in [1.29, 1.82) is 0 Å². The van der Waals surface area contributed by atoms with Gasteiger partial charge < -0.3 is 10.6 Å². The quantitative estimate of drug-likeness (QED) is 0.590. The molecule has 2 amide bonds. The van der Waals surface area contributed by atoms with E-state index in [0.29, 0.717) is 6.54 Å². The van der Waals surface area contributed by atoms with E-state index in [0.717, 1.165) is 6.42 Å². The standard InChI is InChI=1S/C8H16N2O2/c1-4-6(3)10-8(12)7(11)9-5-2/h6H,4-5H2,1-3H3,(H,9,11)(H,10,12). The molecule has 12 heavy (non-hydrogen) atoms. The number of nitrogens with one attached hydrogen (secondary N) is 2. The zero-order valence-corrected chi connectivity index (χ0v) is 7.81. The van der Waals surface area contributed by atoms with Gasteiger partial charge in [-0.15, -0.1) is 0 Å². The highest BCUT2D eigenvalue weighted by Gasteiger charge is 2.13. The fourth-order valence-corrected chi connectivity index (χ4v) is 0.632. The second kappa shape index (κ2) is 5.57. The molecule has 0 saturated heterocycles. The Kier molecular flexibility index (Phi) is 5.08. The Morgan fingerprint density at radius 1 is 1.25 bits per heavy atom. The van der Waals surface area contributed by atoms with Gasteiger partial charge in [-0.25, -0.2) is 0 Å². The molecule has 70 valence electrons. The van der Waals surface area contributed by atoms with Crippen LogP contribution in [0, 0.1) is 0 Å². The van der Waals surface area contributed by atoms with E-state index in [9.17, 15) is 9.59 Å². The molecular weight excluding hydrogens is 156 g/mol. The number of hydrogen-bond acceptors (Lipinski definition) is 2. The summed E-state index contributed by atoms with van der Waals surface area (Å²) < 4.78 is 0. The molecular formula is C8H16N2O2. The summed E-state index contributed by atoms with van der Waals surface area (Å²) in [6.45, 7) is 6.06. The third-order valence-electron chi connectivity index (χ3n) is 1.53. The molecule has 0 spiro atoms. The van der Waals surface area contributed by atoms with Gasteiger partial charge in [-0.05, 0) is 20.3 Å². The van der Waals surface area contributed by atoms with Gasteiger partial charge in [0.2, 0.25) is 0 Å². The van der Waals surface area contributed by atoms with Crippen LogP contribution in [0.3, 0.4) is 0 Å². The molecule has 0 aromatic carbocycles. The first-order valence-electron chi connectivity index (χ1n) is 4.20. The SMILES string of the molecule is CCNC(=O)C(=O)NC(C)CC. The first-order chi connectivity index (χ1) is 5.61. The Morgan fingerprint density at radius 2 is 1.83 bits per heavy atom. The maximum atomic E-state index is 11.0. The minimum atomic E-state index is -0.558. The molecule has 1 unspecified atom stereocenters. The van der Waals surface area contributed by atoms with Crippen molar-refractivity contribution in [3.8, 4) is 0 Å². The fraction of sp³-hybridized carbons (Fsp3) is 0.750. The zero-order valence-electron chi connectivity index (χ0n) is 7.81. The number of likely N-dealkylation sites (N-methyl/N-ethyl adjacent to an activating group) is 1. The summed E-state index contributed by atoms with van der Waals surface area (Å²) in [4.78, 5) is 21.9. The van der Waals surface area contributed by atoms with E-state index >= 15 is 0 Å². The van der Waals surface area contributed by atoms with E-state index in [4.69, 9.17) is 0 Å². The van der Waals surface area contributed by atoms with Crippen molar-refractivity contribution in [3.05, 3.63) is 0 Å². The molecule has 0 heterocycles. The molecule has 0 saturated carbocycles. The van der Waals surface area contributed by atoms with Gasteiger partial charge >= 0.3 is 11.8 Å². The van der Waals surface area contributed by atoms with E-state index in [1.807, 2.05) is 13.8 Å². The van der Waals surface area contributed by atoms with Gasteiger partial charge in [0, 0.05) is 12.6 Å². The molecule has 4 heteroatoms. The van der Waals surface area contributed by atoms with E-state index in [2.05, 4.69) is 10.6 Å². The summed E-state index contributed by atoms with van der Waals surface area (Å²) in [6, 6.07) is 0.0557. The van der Waals surface area contributed by atoms with Crippen LogP contribution in [-0.4, -0.2) is 24.4 Å². The van der Waals surface area contributed by atoms with Crippen LogP contribution in [0.15, 0.2) is 0 Å². The van der Waals surface area contributed by atoms with E-state index < -0.39 is 11.8 Å². The molecule has 2 N–H and O–H groups in total. The Morgan fingerprint density at radius 3 is 2.25 bits per heavy atom. The number of carbonyl (C=O) groups is 2. The third-order valence-corrected chi connectivity index (χ3v) is 1.53. The van der Waals surface area contributed by atoms with Crippen LogP contribution in [0.4, 0.5) is 0 Å². The van der Waals surface area contributed by atoms with Crippen molar-refractivity contribution < 1.29 is 9.59 Å². The highest BCUT2D eigenvalue weighted by molar-refractivity contribution is 6.35.